The number of nitrogens with zero attached hydrogens (tertiary/aromatic N) is 4. The monoisotopic (exact) mass is 380 g/mol. The highest BCUT2D eigenvalue weighted by Crippen LogP contribution is 2.41. The van der Waals surface area contributed by atoms with E-state index in [-0.39, 0.29) is 29.3 Å². The standard InChI is InChI=1S/C19H23F3N4O/c1-10(2)14-7-16(19(20,21)22)26-17(23-14)8-15(24-26)12-4-5-25(9-12)18(27)13-6-11(13)3/h7-8,10-13H,4-6,9H2,1-3H3/t11-,12-,13-/m1/s1. The molecule has 0 spiro atoms. The first kappa shape index (κ1) is 18.3. The van der Waals surface area contributed by atoms with Gasteiger partial charge in [0.25, 0.3) is 0 Å². The van der Waals surface area contributed by atoms with Crippen LogP contribution in [0.15, 0.2) is 12.1 Å². The Morgan fingerprint density at radius 3 is 2.59 bits per heavy atom. The van der Waals surface area contributed by atoms with E-state index in [9.17, 15) is 18.0 Å². The Morgan fingerprint density at radius 1 is 1.30 bits per heavy atom. The number of amides is 1. The Bertz CT molecular complexity index is 889. The lowest BCUT2D eigenvalue weighted by molar-refractivity contribution is -0.142. The molecule has 1 saturated carbocycles. The number of alkyl halides is 3. The fourth-order valence-electron chi connectivity index (χ4n) is 3.81. The highest BCUT2D eigenvalue weighted by molar-refractivity contribution is 5.82. The topological polar surface area (TPSA) is 50.5 Å². The summed E-state index contributed by atoms with van der Waals surface area (Å²) in [5, 5.41) is 4.23. The summed E-state index contributed by atoms with van der Waals surface area (Å²) in [5.41, 5.74) is 0.379. The molecule has 2 aromatic heterocycles. The Morgan fingerprint density at radius 2 is 2.00 bits per heavy atom. The maximum absolute atomic E-state index is 13.5. The number of likely N-dealkylation sites (tertiary alicyclic amines) is 1. The van der Waals surface area contributed by atoms with Gasteiger partial charge in [0.1, 0.15) is 5.69 Å². The third-order valence-corrected chi connectivity index (χ3v) is 5.69. The van der Waals surface area contributed by atoms with Gasteiger partial charge >= 0.3 is 6.18 Å². The van der Waals surface area contributed by atoms with E-state index in [1.165, 1.54) is 0 Å². The molecule has 4 rings (SSSR count). The third-order valence-electron chi connectivity index (χ3n) is 5.69. The molecule has 0 bridgehead atoms. The van der Waals surface area contributed by atoms with Gasteiger partial charge in [0.2, 0.25) is 5.91 Å². The van der Waals surface area contributed by atoms with Crippen molar-refractivity contribution in [1.82, 2.24) is 19.5 Å². The molecule has 3 atom stereocenters. The molecule has 3 heterocycles. The molecule has 0 N–H and O–H groups in total. The van der Waals surface area contributed by atoms with Gasteiger partial charge in [0.15, 0.2) is 5.65 Å². The second kappa shape index (κ2) is 6.21. The van der Waals surface area contributed by atoms with Gasteiger partial charge in [0.05, 0.1) is 5.69 Å². The summed E-state index contributed by atoms with van der Waals surface area (Å²) in [4.78, 5) is 18.6. The molecule has 8 heteroatoms. The average Bonchev–Trinajstić information content (AvgIpc) is 3.02. The molecule has 0 unspecified atom stereocenters. The number of rotatable bonds is 3. The number of hydrogen-bond donors (Lipinski definition) is 0. The summed E-state index contributed by atoms with van der Waals surface area (Å²) in [6, 6.07) is 2.72. The minimum Gasteiger partial charge on any atom is -0.342 e. The predicted molar refractivity (Wildman–Crippen MR) is 93.3 cm³/mol. The summed E-state index contributed by atoms with van der Waals surface area (Å²) in [7, 11) is 0. The highest BCUT2D eigenvalue weighted by atomic mass is 19.4. The molecule has 1 aliphatic heterocycles. The third kappa shape index (κ3) is 3.30. The number of hydrogen-bond acceptors (Lipinski definition) is 3. The van der Waals surface area contributed by atoms with E-state index in [1.807, 2.05) is 18.7 Å². The van der Waals surface area contributed by atoms with Crippen molar-refractivity contribution in [2.45, 2.75) is 51.6 Å². The molecular formula is C19H23F3N4O. The molecule has 0 aromatic carbocycles. The van der Waals surface area contributed by atoms with E-state index >= 15 is 0 Å². The van der Waals surface area contributed by atoms with Crippen molar-refractivity contribution in [3.8, 4) is 0 Å². The lowest BCUT2D eigenvalue weighted by Gasteiger charge is -2.15. The van der Waals surface area contributed by atoms with Crippen LogP contribution in [-0.4, -0.2) is 38.5 Å². The van der Waals surface area contributed by atoms with Gasteiger partial charge in [-0.05, 0) is 30.7 Å². The van der Waals surface area contributed by atoms with Gasteiger partial charge < -0.3 is 4.90 Å². The Kier molecular flexibility index (Phi) is 4.20. The molecule has 2 fully saturated rings. The smallest absolute Gasteiger partial charge is 0.342 e. The number of aromatic nitrogens is 3. The van der Waals surface area contributed by atoms with E-state index in [4.69, 9.17) is 0 Å². The van der Waals surface area contributed by atoms with Crippen LogP contribution in [-0.2, 0) is 11.0 Å². The van der Waals surface area contributed by atoms with Gasteiger partial charge in [-0.2, -0.15) is 18.3 Å². The van der Waals surface area contributed by atoms with E-state index in [0.717, 1.165) is 23.4 Å². The fourth-order valence-corrected chi connectivity index (χ4v) is 3.81. The number of carbonyl (C=O) groups is 1. The Labute approximate surface area is 155 Å². The molecule has 1 saturated heterocycles. The largest absolute Gasteiger partial charge is 0.433 e. The summed E-state index contributed by atoms with van der Waals surface area (Å²) >= 11 is 0. The molecular weight excluding hydrogens is 357 g/mol. The van der Waals surface area contributed by atoms with Gasteiger partial charge in [-0.25, -0.2) is 9.50 Å². The zero-order valence-corrected chi connectivity index (χ0v) is 15.6. The molecule has 27 heavy (non-hydrogen) atoms. The second-order valence-electron chi connectivity index (χ2n) is 8.15. The van der Waals surface area contributed by atoms with Gasteiger partial charge in [-0.1, -0.05) is 20.8 Å². The van der Waals surface area contributed by atoms with Crippen molar-refractivity contribution in [3.05, 3.63) is 29.2 Å². The van der Waals surface area contributed by atoms with E-state index in [2.05, 4.69) is 17.0 Å². The van der Waals surface area contributed by atoms with Crippen LogP contribution < -0.4 is 0 Å². The molecule has 5 nitrogen and oxygen atoms in total. The van der Waals surface area contributed by atoms with Crippen molar-refractivity contribution in [1.29, 1.82) is 0 Å². The normalized spacial score (nSPS) is 25.6. The van der Waals surface area contributed by atoms with Crippen molar-refractivity contribution < 1.29 is 18.0 Å². The van der Waals surface area contributed by atoms with Gasteiger partial charge in [0, 0.05) is 36.7 Å². The molecule has 1 amide bonds. The number of fused-ring (bicyclic) bond motifs is 1. The predicted octanol–water partition coefficient (Wildman–Crippen LogP) is 3.84. The number of carbonyl (C=O) groups excluding carboxylic acids is 1. The zero-order chi connectivity index (χ0) is 19.5. The van der Waals surface area contributed by atoms with Crippen LogP contribution >= 0.6 is 0 Å². The maximum atomic E-state index is 13.5. The molecule has 1 aliphatic carbocycles. The van der Waals surface area contributed by atoms with E-state index < -0.39 is 11.9 Å². The van der Waals surface area contributed by atoms with Crippen LogP contribution in [0.2, 0.25) is 0 Å². The lowest BCUT2D eigenvalue weighted by Crippen LogP contribution is -2.30. The highest BCUT2D eigenvalue weighted by Gasteiger charge is 2.43. The summed E-state index contributed by atoms with van der Waals surface area (Å²) in [6.45, 7) is 6.85. The minimum atomic E-state index is -4.51. The first-order valence-corrected chi connectivity index (χ1v) is 9.41. The molecule has 2 aromatic rings. The zero-order valence-electron chi connectivity index (χ0n) is 15.6. The second-order valence-corrected chi connectivity index (χ2v) is 8.15. The van der Waals surface area contributed by atoms with E-state index in [0.29, 0.717) is 30.4 Å². The van der Waals surface area contributed by atoms with Crippen LogP contribution in [0.1, 0.15) is 62.5 Å². The van der Waals surface area contributed by atoms with Crippen LogP contribution in [0.3, 0.4) is 0 Å². The van der Waals surface area contributed by atoms with Crippen LogP contribution in [0.4, 0.5) is 13.2 Å². The fraction of sp³-hybridized carbons (Fsp3) is 0.632. The first-order chi connectivity index (χ1) is 12.6. The van der Waals surface area contributed by atoms with Crippen LogP contribution in [0.5, 0.6) is 0 Å². The van der Waals surface area contributed by atoms with Crippen molar-refractivity contribution in [3.63, 3.8) is 0 Å². The first-order valence-electron chi connectivity index (χ1n) is 9.41. The van der Waals surface area contributed by atoms with Crippen LogP contribution in [0, 0.1) is 11.8 Å². The Balaban J connectivity index is 1.64. The number of halogens is 3. The van der Waals surface area contributed by atoms with Crippen molar-refractivity contribution in [2.24, 2.45) is 11.8 Å². The summed E-state index contributed by atoms with van der Waals surface area (Å²) in [5.74, 6) is 0.574. The summed E-state index contributed by atoms with van der Waals surface area (Å²) in [6.07, 6.45) is -2.85. The van der Waals surface area contributed by atoms with Crippen molar-refractivity contribution in [2.75, 3.05) is 13.1 Å². The molecule has 2 aliphatic rings. The van der Waals surface area contributed by atoms with Crippen LogP contribution in [0.25, 0.3) is 5.65 Å². The van der Waals surface area contributed by atoms with Gasteiger partial charge in [-0.15, -0.1) is 0 Å². The molecule has 0 radical (unpaired) electrons. The quantitative estimate of drug-likeness (QED) is 0.813. The summed E-state index contributed by atoms with van der Waals surface area (Å²) < 4.78 is 41.4. The SMILES string of the molecule is CC(C)c1cc(C(F)(F)F)n2nc([C@@H]3CCN(C(=O)[C@@H]4C[C@H]4C)C3)cc2n1. The average molecular weight is 380 g/mol. The van der Waals surface area contributed by atoms with Gasteiger partial charge in [-0.3, -0.25) is 4.79 Å². The minimum absolute atomic E-state index is 0.0479. The van der Waals surface area contributed by atoms with Crippen molar-refractivity contribution >= 4 is 11.6 Å². The Hall–Kier alpha value is -2.12. The van der Waals surface area contributed by atoms with E-state index in [1.54, 1.807) is 6.07 Å². The lowest BCUT2D eigenvalue weighted by atomic mass is 10.1. The molecule has 146 valence electrons. The maximum Gasteiger partial charge on any atom is 0.433 e.